The highest BCUT2D eigenvalue weighted by Gasteiger charge is 2.61. The number of hydrogen-bond acceptors (Lipinski definition) is 3. The number of allylic oxidation sites excluding steroid dienone is 2. The maximum atomic E-state index is 13.6. The summed E-state index contributed by atoms with van der Waals surface area (Å²) in [6.07, 6.45) is 2.44. The van der Waals surface area contributed by atoms with Crippen LogP contribution in [0.25, 0.3) is 5.57 Å². The van der Waals surface area contributed by atoms with Crippen molar-refractivity contribution in [2.75, 3.05) is 0 Å². The summed E-state index contributed by atoms with van der Waals surface area (Å²) in [6, 6.07) is 13.5. The number of hydrogen-bond donors (Lipinski definition) is 1. The number of benzene rings is 2. The van der Waals surface area contributed by atoms with E-state index in [0.29, 0.717) is 11.3 Å². The number of Topliss-reactive ketones (excluding diaryl/α,β-unsaturated/α-hetero) is 1. The molecule has 0 heterocycles. The van der Waals surface area contributed by atoms with Crippen molar-refractivity contribution >= 4 is 27.3 Å². The zero-order valence-electron chi connectivity index (χ0n) is 17.4. The Morgan fingerprint density at radius 2 is 1.76 bits per heavy atom. The summed E-state index contributed by atoms with van der Waals surface area (Å²) in [5.74, 6) is 1.72. The number of carbonyl (C=O) groups excluding carboxylic acids is 1. The van der Waals surface area contributed by atoms with Gasteiger partial charge in [-0.3, -0.25) is 4.79 Å². The van der Waals surface area contributed by atoms with Gasteiger partial charge in [0.05, 0.1) is 5.57 Å². The SMILES string of the molecule is CCc1ccc(Oc2ccc(Br)cc2)cc1C1=C(O)[C@@H]2CC[C@](C)(C1=O)C2(C)C. The van der Waals surface area contributed by atoms with E-state index in [1.54, 1.807) is 0 Å². The van der Waals surface area contributed by atoms with Crippen LogP contribution in [0, 0.1) is 16.7 Å². The van der Waals surface area contributed by atoms with Crippen molar-refractivity contribution in [2.45, 2.75) is 47.0 Å². The van der Waals surface area contributed by atoms with Crippen molar-refractivity contribution in [1.82, 2.24) is 0 Å². The molecule has 29 heavy (non-hydrogen) atoms. The lowest BCUT2D eigenvalue weighted by Crippen LogP contribution is -2.45. The summed E-state index contributed by atoms with van der Waals surface area (Å²) in [5, 5.41) is 11.2. The van der Waals surface area contributed by atoms with E-state index >= 15 is 0 Å². The van der Waals surface area contributed by atoms with Gasteiger partial charge in [0.15, 0.2) is 5.78 Å². The van der Waals surface area contributed by atoms with E-state index in [2.05, 4.69) is 43.6 Å². The molecule has 4 rings (SSSR count). The van der Waals surface area contributed by atoms with Gasteiger partial charge in [0.2, 0.25) is 0 Å². The average Bonchev–Trinajstić information content (AvgIpc) is 2.87. The maximum Gasteiger partial charge on any atom is 0.173 e. The molecule has 2 atom stereocenters. The lowest BCUT2D eigenvalue weighted by Gasteiger charge is -2.45. The number of halogens is 1. The third kappa shape index (κ3) is 3.04. The largest absolute Gasteiger partial charge is 0.511 e. The van der Waals surface area contributed by atoms with Gasteiger partial charge in [-0.1, -0.05) is 49.7 Å². The summed E-state index contributed by atoms with van der Waals surface area (Å²) in [7, 11) is 0. The number of ether oxygens (including phenoxy) is 1. The monoisotopic (exact) mass is 454 g/mol. The molecule has 0 unspecified atom stereocenters. The molecule has 2 aromatic rings. The van der Waals surface area contributed by atoms with E-state index in [1.165, 1.54) is 0 Å². The molecule has 2 aromatic carbocycles. The lowest BCUT2D eigenvalue weighted by atomic mass is 9.58. The second-order valence-corrected chi connectivity index (χ2v) is 9.88. The van der Waals surface area contributed by atoms with Crippen LogP contribution in [-0.2, 0) is 11.2 Å². The first kappa shape index (κ1) is 20.2. The number of rotatable bonds is 4. The molecule has 2 aliphatic rings. The van der Waals surface area contributed by atoms with Gasteiger partial charge < -0.3 is 9.84 Å². The van der Waals surface area contributed by atoms with Crippen LogP contribution >= 0.6 is 15.9 Å². The average molecular weight is 455 g/mol. The Kier molecular flexibility index (Phi) is 4.89. The Morgan fingerprint density at radius 1 is 1.10 bits per heavy atom. The summed E-state index contributed by atoms with van der Waals surface area (Å²) in [5.41, 5.74) is 1.65. The Morgan fingerprint density at radius 3 is 2.41 bits per heavy atom. The molecule has 3 nitrogen and oxygen atoms in total. The van der Waals surface area contributed by atoms with Crippen molar-refractivity contribution in [3.8, 4) is 11.5 Å². The molecule has 1 fully saturated rings. The Labute approximate surface area is 180 Å². The molecule has 0 spiro atoms. The first-order valence-corrected chi connectivity index (χ1v) is 11.0. The predicted octanol–water partition coefficient (Wildman–Crippen LogP) is 7.10. The molecule has 0 saturated heterocycles. The van der Waals surface area contributed by atoms with Gasteiger partial charge in [-0.15, -0.1) is 0 Å². The van der Waals surface area contributed by atoms with Crippen LogP contribution < -0.4 is 4.74 Å². The molecule has 0 aromatic heterocycles. The minimum absolute atomic E-state index is 0.0148. The van der Waals surface area contributed by atoms with Gasteiger partial charge in [0.1, 0.15) is 17.3 Å². The van der Waals surface area contributed by atoms with Crippen molar-refractivity contribution in [3.63, 3.8) is 0 Å². The minimum atomic E-state index is -0.452. The number of carbonyl (C=O) groups is 1. The van der Waals surface area contributed by atoms with E-state index in [0.717, 1.165) is 40.6 Å². The van der Waals surface area contributed by atoms with Gasteiger partial charge in [-0.25, -0.2) is 0 Å². The third-order valence-electron chi connectivity index (χ3n) is 7.32. The summed E-state index contributed by atoms with van der Waals surface area (Å²) in [4.78, 5) is 13.6. The van der Waals surface area contributed by atoms with Crippen LogP contribution in [0.5, 0.6) is 11.5 Å². The molecular formula is C25H27BrO3. The van der Waals surface area contributed by atoms with Gasteiger partial charge in [0.25, 0.3) is 0 Å². The van der Waals surface area contributed by atoms with Gasteiger partial charge in [-0.2, -0.15) is 0 Å². The van der Waals surface area contributed by atoms with Gasteiger partial charge in [0, 0.05) is 15.8 Å². The fourth-order valence-electron chi connectivity index (χ4n) is 5.01. The highest BCUT2D eigenvalue weighted by molar-refractivity contribution is 9.10. The zero-order valence-corrected chi connectivity index (χ0v) is 19.0. The first-order chi connectivity index (χ1) is 13.7. The second-order valence-electron chi connectivity index (χ2n) is 8.96. The topological polar surface area (TPSA) is 46.5 Å². The van der Waals surface area contributed by atoms with Crippen molar-refractivity contribution in [1.29, 1.82) is 0 Å². The van der Waals surface area contributed by atoms with Crippen molar-refractivity contribution in [2.24, 2.45) is 16.7 Å². The smallest absolute Gasteiger partial charge is 0.173 e. The number of aliphatic hydroxyl groups excluding tert-OH is 1. The molecule has 4 heteroatoms. The van der Waals surface area contributed by atoms with Crippen LogP contribution in [-0.4, -0.2) is 10.9 Å². The second kappa shape index (κ2) is 7.02. The number of aliphatic hydroxyl groups is 1. The molecular weight excluding hydrogens is 428 g/mol. The molecule has 152 valence electrons. The Hall–Kier alpha value is -2.07. The zero-order chi connectivity index (χ0) is 21.0. The van der Waals surface area contributed by atoms with Crippen LogP contribution in [0.4, 0.5) is 0 Å². The molecule has 2 bridgehead atoms. The Balaban J connectivity index is 1.80. The third-order valence-corrected chi connectivity index (χ3v) is 7.85. The Bertz CT molecular complexity index is 1000. The molecule has 0 radical (unpaired) electrons. The molecule has 1 N–H and O–H groups in total. The van der Waals surface area contributed by atoms with E-state index in [-0.39, 0.29) is 22.9 Å². The lowest BCUT2D eigenvalue weighted by molar-refractivity contribution is -0.128. The number of ketones is 1. The fraction of sp³-hybridized carbons (Fsp3) is 0.400. The van der Waals surface area contributed by atoms with Crippen LogP contribution in [0.3, 0.4) is 0 Å². The van der Waals surface area contributed by atoms with E-state index in [4.69, 9.17) is 4.74 Å². The van der Waals surface area contributed by atoms with E-state index in [9.17, 15) is 9.90 Å². The van der Waals surface area contributed by atoms with Crippen LogP contribution in [0.2, 0.25) is 0 Å². The van der Waals surface area contributed by atoms with Crippen molar-refractivity contribution in [3.05, 3.63) is 63.8 Å². The van der Waals surface area contributed by atoms with E-state index < -0.39 is 5.41 Å². The minimum Gasteiger partial charge on any atom is -0.511 e. The highest BCUT2D eigenvalue weighted by atomic mass is 79.9. The molecule has 1 saturated carbocycles. The predicted molar refractivity (Wildman–Crippen MR) is 119 cm³/mol. The molecule has 0 amide bonds. The molecule has 2 aliphatic carbocycles. The number of fused-ring (bicyclic) bond motifs is 2. The fourth-order valence-corrected chi connectivity index (χ4v) is 5.28. The van der Waals surface area contributed by atoms with Gasteiger partial charge >= 0.3 is 0 Å². The normalized spacial score (nSPS) is 25.4. The summed E-state index contributed by atoms with van der Waals surface area (Å²) >= 11 is 3.43. The van der Waals surface area contributed by atoms with Gasteiger partial charge in [-0.05, 0) is 72.2 Å². The quantitative estimate of drug-likeness (QED) is 0.535. The summed E-state index contributed by atoms with van der Waals surface area (Å²) in [6.45, 7) is 8.36. The standard InChI is InChI=1S/C25H27BrO3/c1-5-15-6-9-18(29-17-10-7-16(26)8-11-17)14-19(15)21-22(27)20-12-13-25(4,23(21)28)24(20,2)3/h6-11,14,20,27H,5,12-13H2,1-4H3/t20-,25+/m0/s1. The van der Waals surface area contributed by atoms with Crippen LogP contribution in [0.1, 0.15) is 51.7 Å². The van der Waals surface area contributed by atoms with Crippen LogP contribution in [0.15, 0.2) is 52.7 Å². The van der Waals surface area contributed by atoms with E-state index in [1.807, 2.05) is 42.5 Å². The first-order valence-electron chi connectivity index (χ1n) is 10.2. The maximum absolute atomic E-state index is 13.6. The summed E-state index contributed by atoms with van der Waals surface area (Å²) < 4.78 is 7.02. The highest BCUT2D eigenvalue weighted by Crippen LogP contribution is 2.63. The number of aryl methyl sites for hydroxylation is 1. The molecule has 0 aliphatic heterocycles. The van der Waals surface area contributed by atoms with Crippen molar-refractivity contribution < 1.29 is 14.6 Å².